The fraction of sp³-hybridized carbons (Fsp3) is 0.932. The molecule has 276 valence electrons. The van der Waals surface area contributed by atoms with Gasteiger partial charge >= 0.3 is 5.97 Å². The Bertz CT molecular complexity index is 1140. The van der Waals surface area contributed by atoms with Crippen molar-refractivity contribution in [2.75, 3.05) is 6.61 Å². The van der Waals surface area contributed by atoms with Gasteiger partial charge in [0.15, 0.2) is 0 Å². The van der Waals surface area contributed by atoms with Gasteiger partial charge in [0, 0.05) is 17.3 Å². The number of aliphatic hydroxyl groups excluding tert-OH is 2. The van der Waals surface area contributed by atoms with Crippen molar-refractivity contribution < 1.29 is 19.7 Å². The Morgan fingerprint density at radius 2 is 1.42 bits per heavy atom. The first-order valence-corrected chi connectivity index (χ1v) is 20.8. The summed E-state index contributed by atoms with van der Waals surface area (Å²) in [6.45, 7) is 19.6. The van der Waals surface area contributed by atoms with Crippen molar-refractivity contribution in [2.24, 2.45) is 50.2 Å². The van der Waals surface area contributed by atoms with Crippen molar-refractivity contribution >= 4 is 5.97 Å². The highest BCUT2D eigenvalue weighted by atomic mass is 16.5. The molecule has 0 aliphatic heterocycles. The second-order valence-electron chi connectivity index (χ2n) is 20.0. The van der Waals surface area contributed by atoms with Crippen LogP contribution in [0.25, 0.3) is 0 Å². The lowest BCUT2D eigenvalue weighted by molar-refractivity contribution is -0.223. The summed E-state index contributed by atoms with van der Waals surface area (Å²) in [5.74, 6) is 1.32. The van der Waals surface area contributed by atoms with E-state index in [-0.39, 0.29) is 57.1 Å². The molecule has 4 heteroatoms. The van der Waals surface area contributed by atoms with E-state index in [1.54, 1.807) is 5.57 Å². The maximum Gasteiger partial charge on any atom is 0.306 e. The van der Waals surface area contributed by atoms with Crippen LogP contribution >= 0.6 is 0 Å². The Hall–Kier alpha value is -0.870. The number of fused-ring (bicyclic) bond motifs is 7. The number of hydrogen-bond acceptors (Lipinski definition) is 4. The van der Waals surface area contributed by atoms with E-state index in [4.69, 9.17) is 4.74 Å². The topological polar surface area (TPSA) is 66.8 Å². The van der Waals surface area contributed by atoms with Gasteiger partial charge in [0.1, 0.15) is 6.10 Å². The maximum atomic E-state index is 13.1. The predicted molar refractivity (Wildman–Crippen MR) is 198 cm³/mol. The molecule has 0 saturated heterocycles. The number of rotatable bonds is 14. The van der Waals surface area contributed by atoms with E-state index in [9.17, 15) is 15.0 Å². The van der Waals surface area contributed by atoms with Gasteiger partial charge in [-0.15, -0.1) is 0 Å². The molecule has 0 amide bonds. The molecule has 5 aliphatic rings. The van der Waals surface area contributed by atoms with Crippen molar-refractivity contribution in [3.8, 4) is 0 Å². The molecule has 5 rings (SSSR count). The van der Waals surface area contributed by atoms with Crippen molar-refractivity contribution in [1.82, 2.24) is 0 Å². The Morgan fingerprint density at radius 1 is 0.792 bits per heavy atom. The van der Waals surface area contributed by atoms with Crippen LogP contribution in [0.3, 0.4) is 0 Å². The summed E-state index contributed by atoms with van der Waals surface area (Å²) < 4.78 is 6.37. The average molecular weight is 669 g/mol. The van der Waals surface area contributed by atoms with Gasteiger partial charge in [-0.05, 0) is 104 Å². The molecule has 0 aromatic rings. The van der Waals surface area contributed by atoms with Gasteiger partial charge in [-0.25, -0.2) is 0 Å². The van der Waals surface area contributed by atoms with E-state index in [0.29, 0.717) is 18.3 Å². The van der Waals surface area contributed by atoms with Crippen LogP contribution in [0.15, 0.2) is 11.6 Å². The van der Waals surface area contributed by atoms with Crippen LogP contribution in [0.4, 0.5) is 0 Å². The summed E-state index contributed by atoms with van der Waals surface area (Å²) in [7, 11) is 0. The average Bonchev–Trinajstić information content (AvgIpc) is 3.01. The van der Waals surface area contributed by atoms with Gasteiger partial charge in [-0.2, -0.15) is 0 Å². The number of ether oxygens (including phenoxy) is 1. The Morgan fingerprint density at radius 3 is 2.04 bits per heavy atom. The lowest BCUT2D eigenvalue weighted by Gasteiger charge is -2.72. The molecule has 9 unspecified atom stereocenters. The number of aliphatic hydroxyl groups is 2. The number of carbonyl (C=O) groups excluding carboxylic acids is 1. The fourth-order valence-corrected chi connectivity index (χ4v) is 13.1. The minimum Gasteiger partial charge on any atom is -0.462 e. The van der Waals surface area contributed by atoms with Gasteiger partial charge in [-0.3, -0.25) is 4.79 Å². The van der Waals surface area contributed by atoms with Crippen molar-refractivity contribution in [1.29, 1.82) is 0 Å². The molecule has 4 fully saturated rings. The van der Waals surface area contributed by atoms with Crippen molar-refractivity contribution in [2.45, 2.75) is 202 Å². The van der Waals surface area contributed by atoms with Crippen LogP contribution in [-0.2, 0) is 9.53 Å². The standard InChI is InChI=1S/C44H76O4/c1-9-10-11-12-13-14-15-16-17-18-19-20-38(47)48-37-24-25-41(6)34(40(37,4)5)23-26-42(7)35(41)22-21-32-33-29-39(2,3)27-28-44(33,31-45)36(46)30-43(32,42)8/h21,33-37,45-46H,9-20,22-31H2,1-8H3. The number of esters is 1. The first-order valence-electron chi connectivity index (χ1n) is 20.8. The van der Waals surface area contributed by atoms with E-state index < -0.39 is 6.10 Å². The minimum atomic E-state index is -0.459. The summed E-state index contributed by atoms with van der Waals surface area (Å²) >= 11 is 0. The molecular weight excluding hydrogens is 592 g/mol. The summed E-state index contributed by atoms with van der Waals surface area (Å²) in [5.41, 5.74) is 1.56. The van der Waals surface area contributed by atoms with E-state index >= 15 is 0 Å². The number of unbranched alkanes of at least 4 members (excludes halogenated alkanes) is 10. The maximum absolute atomic E-state index is 13.1. The number of carbonyl (C=O) groups is 1. The molecule has 0 bridgehead atoms. The van der Waals surface area contributed by atoms with Gasteiger partial charge in [0.25, 0.3) is 0 Å². The molecule has 0 spiro atoms. The van der Waals surface area contributed by atoms with Gasteiger partial charge in [0.05, 0.1) is 12.7 Å². The lowest BCUT2D eigenvalue weighted by atomic mass is 9.33. The highest BCUT2D eigenvalue weighted by Gasteiger charge is 2.70. The second-order valence-corrected chi connectivity index (χ2v) is 20.0. The Labute approximate surface area is 296 Å². The highest BCUT2D eigenvalue weighted by Crippen LogP contribution is 2.75. The van der Waals surface area contributed by atoms with E-state index in [2.05, 4.69) is 61.5 Å². The molecule has 48 heavy (non-hydrogen) atoms. The third kappa shape index (κ3) is 6.75. The molecule has 0 aromatic heterocycles. The van der Waals surface area contributed by atoms with Crippen LogP contribution < -0.4 is 0 Å². The van der Waals surface area contributed by atoms with Crippen molar-refractivity contribution in [3.63, 3.8) is 0 Å². The molecule has 9 atom stereocenters. The normalized spacial score (nSPS) is 41.3. The monoisotopic (exact) mass is 669 g/mol. The molecular formula is C44H76O4. The van der Waals surface area contributed by atoms with Crippen LogP contribution in [0.2, 0.25) is 0 Å². The zero-order chi connectivity index (χ0) is 35.0. The van der Waals surface area contributed by atoms with E-state index in [1.165, 1.54) is 57.8 Å². The molecule has 4 nitrogen and oxygen atoms in total. The van der Waals surface area contributed by atoms with Crippen LogP contribution in [0.5, 0.6) is 0 Å². The second kappa shape index (κ2) is 14.6. The van der Waals surface area contributed by atoms with Crippen molar-refractivity contribution in [3.05, 3.63) is 11.6 Å². The lowest BCUT2D eigenvalue weighted by Crippen LogP contribution is -2.67. The van der Waals surface area contributed by atoms with Crippen LogP contribution in [-0.4, -0.2) is 35.0 Å². The van der Waals surface area contributed by atoms with Gasteiger partial charge in [-0.1, -0.05) is 131 Å². The smallest absolute Gasteiger partial charge is 0.306 e. The molecule has 5 aliphatic carbocycles. The third-order valence-electron chi connectivity index (χ3n) is 16.4. The van der Waals surface area contributed by atoms with Crippen LogP contribution in [0, 0.1) is 50.2 Å². The van der Waals surface area contributed by atoms with E-state index in [0.717, 1.165) is 70.6 Å². The largest absolute Gasteiger partial charge is 0.462 e. The molecule has 0 heterocycles. The number of hydrogen-bond donors (Lipinski definition) is 2. The fourth-order valence-electron chi connectivity index (χ4n) is 13.1. The molecule has 2 N–H and O–H groups in total. The summed E-state index contributed by atoms with van der Waals surface area (Å²) in [6.07, 6.45) is 26.2. The predicted octanol–water partition coefficient (Wildman–Crippen LogP) is 11.4. The first-order chi connectivity index (χ1) is 22.6. The van der Waals surface area contributed by atoms with Crippen LogP contribution in [0.1, 0.15) is 190 Å². The minimum absolute atomic E-state index is 0.00318. The first kappa shape index (κ1) is 38.4. The zero-order valence-corrected chi connectivity index (χ0v) is 32.7. The quantitative estimate of drug-likeness (QED) is 0.110. The Kier molecular flexibility index (Phi) is 11.7. The molecule has 0 aromatic carbocycles. The SMILES string of the molecule is CCCCCCCCCCCCCC(=O)OC1CCC2(C)C(CCC3(C)C2CC=C2C4CC(C)(C)CCC4(CO)C(O)CC23C)C1(C)C. The molecule has 4 saturated carbocycles. The molecule has 0 radical (unpaired) electrons. The number of allylic oxidation sites excluding steroid dienone is 2. The summed E-state index contributed by atoms with van der Waals surface area (Å²) in [5, 5.41) is 22.8. The van der Waals surface area contributed by atoms with Gasteiger partial charge in [0.2, 0.25) is 0 Å². The third-order valence-corrected chi connectivity index (χ3v) is 16.4. The Balaban J connectivity index is 1.21. The van der Waals surface area contributed by atoms with E-state index in [1.807, 2.05) is 0 Å². The summed E-state index contributed by atoms with van der Waals surface area (Å²) in [4.78, 5) is 13.1. The highest BCUT2D eigenvalue weighted by molar-refractivity contribution is 5.69. The summed E-state index contributed by atoms with van der Waals surface area (Å²) in [6, 6.07) is 0. The van der Waals surface area contributed by atoms with Gasteiger partial charge < -0.3 is 14.9 Å². The zero-order valence-electron chi connectivity index (χ0n) is 32.7.